The molecule has 57 heavy (non-hydrogen) atoms. The number of hydrogen-bond acceptors (Lipinski definition) is 4. The van der Waals surface area contributed by atoms with Crippen LogP contribution in [-0.2, 0) is 0 Å². The first kappa shape index (κ1) is 32.1. The number of thiophene rings is 1. The van der Waals surface area contributed by atoms with Gasteiger partial charge in [0.1, 0.15) is 11.2 Å². The molecule has 1 unspecified atom stereocenters. The molecular formula is C53H32N2OS. The van der Waals surface area contributed by atoms with E-state index in [-0.39, 0.29) is 5.92 Å². The molecule has 11 aromatic rings. The van der Waals surface area contributed by atoms with Gasteiger partial charge in [0.25, 0.3) is 0 Å². The van der Waals surface area contributed by atoms with E-state index in [0.29, 0.717) is 0 Å². The summed E-state index contributed by atoms with van der Waals surface area (Å²) in [5, 5.41) is 4.84. The van der Waals surface area contributed by atoms with Gasteiger partial charge in [-0.1, -0.05) is 91.0 Å². The molecule has 1 atom stereocenters. The Morgan fingerprint density at radius 2 is 0.982 bits per heavy atom. The Balaban J connectivity index is 1.03. The molecule has 4 heterocycles. The summed E-state index contributed by atoms with van der Waals surface area (Å²) in [6, 6.07) is 63.7. The Hall–Kier alpha value is -7.14. The van der Waals surface area contributed by atoms with Crippen molar-refractivity contribution >= 4 is 53.4 Å². The molecule has 0 bridgehead atoms. The predicted molar refractivity (Wildman–Crippen MR) is 237 cm³/mol. The van der Waals surface area contributed by atoms with Crippen LogP contribution in [0.25, 0.3) is 98.0 Å². The number of benzene rings is 7. The molecule has 3 nitrogen and oxygen atoms in total. The third kappa shape index (κ3) is 5.18. The number of aromatic nitrogens is 2. The molecule has 0 N–H and O–H groups in total. The second kappa shape index (κ2) is 12.7. The van der Waals surface area contributed by atoms with Crippen molar-refractivity contribution in [1.82, 2.24) is 9.97 Å². The maximum atomic E-state index is 6.34. The largest absolute Gasteiger partial charge is 0.456 e. The molecule has 7 aromatic carbocycles. The van der Waals surface area contributed by atoms with Gasteiger partial charge in [0.05, 0.1) is 11.4 Å². The summed E-state index contributed by atoms with van der Waals surface area (Å²) in [6.07, 6.45) is 3.71. The zero-order valence-electron chi connectivity index (χ0n) is 30.7. The summed E-state index contributed by atoms with van der Waals surface area (Å²) >= 11 is 1.87. The van der Waals surface area contributed by atoms with Crippen LogP contribution in [0.3, 0.4) is 0 Å². The highest BCUT2D eigenvalue weighted by atomic mass is 32.1. The first-order valence-electron chi connectivity index (χ1n) is 19.3. The first-order valence-corrected chi connectivity index (χ1v) is 20.1. The number of hydrogen-bond donors (Lipinski definition) is 0. The van der Waals surface area contributed by atoms with Crippen LogP contribution in [0, 0.1) is 0 Å². The molecule has 0 spiro atoms. The summed E-state index contributed by atoms with van der Waals surface area (Å²) < 4.78 is 8.99. The summed E-state index contributed by atoms with van der Waals surface area (Å²) in [4.78, 5) is 9.33. The minimum Gasteiger partial charge on any atom is -0.456 e. The van der Waals surface area contributed by atoms with Crippen LogP contribution in [-0.4, -0.2) is 9.97 Å². The van der Waals surface area contributed by atoms with Gasteiger partial charge in [-0.25, -0.2) is 0 Å². The number of rotatable bonds is 5. The topological polar surface area (TPSA) is 38.9 Å². The van der Waals surface area contributed by atoms with Crippen molar-refractivity contribution in [2.75, 3.05) is 0 Å². The van der Waals surface area contributed by atoms with Gasteiger partial charge in [0.2, 0.25) is 0 Å². The van der Waals surface area contributed by atoms with Gasteiger partial charge in [0, 0.05) is 60.4 Å². The van der Waals surface area contributed by atoms with Gasteiger partial charge >= 0.3 is 0 Å². The third-order valence-electron chi connectivity index (χ3n) is 11.7. The molecule has 0 fully saturated rings. The van der Waals surface area contributed by atoms with Crippen LogP contribution in [0.2, 0.25) is 0 Å². The zero-order valence-corrected chi connectivity index (χ0v) is 31.5. The van der Waals surface area contributed by atoms with Gasteiger partial charge in [-0.2, -0.15) is 0 Å². The maximum absolute atomic E-state index is 6.34. The fourth-order valence-electron chi connectivity index (χ4n) is 9.01. The molecule has 1 aliphatic carbocycles. The standard InChI is InChI=1S/C53H32N2OS/c1-2-10-38(48-13-6-8-26-55-48)37(9-1)34-16-21-41-43(29-34)42-27-32(15-20-40(42)53(41)36-19-24-52-46(31-36)39-11-3-4-14-51(39)57-52)33-17-22-49-44(28-33)45-30-35(18-23-50(45)56-49)47-12-5-7-25-54-47/h1-31,53H. The SMILES string of the molecule is c1ccc(-c2ccc3oc4ccc(-c5ccc6c(c5)-c5cc(-c7ccccc7-c7ccccn7)ccc5C6c5ccc6sc7ccccc7c6c5)cc4c3c2)nc1. The number of nitrogens with zero attached hydrogens (tertiary/aromatic N) is 2. The molecule has 12 rings (SSSR count). The fraction of sp³-hybridized carbons (Fsp3) is 0.0189. The van der Waals surface area contributed by atoms with Crippen LogP contribution in [0.1, 0.15) is 22.6 Å². The minimum atomic E-state index is 0.109. The average molecular weight is 745 g/mol. The molecule has 4 heteroatoms. The van der Waals surface area contributed by atoms with Crippen molar-refractivity contribution in [1.29, 1.82) is 0 Å². The maximum Gasteiger partial charge on any atom is 0.135 e. The molecule has 0 amide bonds. The van der Waals surface area contributed by atoms with E-state index in [9.17, 15) is 0 Å². The monoisotopic (exact) mass is 744 g/mol. The molecule has 4 aromatic heterocycles. The summed E-state index contributed by atoms with van der Waals surface area (Å²) in [5.74, 6) is 0.109. The van der Waals surface area contributed by atoms with Crippen molar-refractivity contribution in [3.63, 3.8) is 0 Å². The predicted octanol–water partition coefficient (Wildman–Crippen LogP) is 14.6. The zero-order chi connectivity index (χ0) is 37.5. The van der Waals surface area contributed by atoms with Crippen molar-refractivity contribution < 1.29 is 4.42 Å². The molecular weight excluding hydrogens is 713 g/mol. The van der Waals surface area contributed by atoms with E-state index < -0.39 is 0 Å². The van der Waals surface area contributed by atoms with Crippen molar-refractivity contribution in [3.8, 4) is 55.9 Å². The van der Waals surface area contributed by atoms with E-state index in [1.807, 2.05) is 48.0 Å². The van der Waals surface area contributed by atoms with Gasteiger partial charge in [-0.15, -0.1) is 11.3 Å². The highest BCUT2D eigenvalue weighted by molar-refractivity contribution is 7.25. The highest BCUT2D eigenvalue weighted by Crippen LogP contribution is 2.51. The number of fused-ring (bicyclic) bond motifs is 9. The third-order valence-corrected chi connectivity index (χ3v) is 12.8. The quantitative estimate of drug-likeness (QED) is 0.176. The Morgan fingerprint density at radius 3 is 1.75 bits per heavy atom. The average Bonchev–Trinajstić information content (AvgIpc) is 3.95. The van der Waals surface area contributed by atoms with Gasteiger partial charge < -0.3 is 4.42 Å². The Morgan fingerprint density at radius 1 is 0.386 bits per heavy atom. The second-order valence-electron chi connectivity index (χ2n) is 14.9. The molecule has 0 saturated carbocycles. The molecule has 0 aliphatic heterocycles. The first-order chi connectivity index (χ1) is 28.2. The normalized spacial score (nSPS) is 13.4. The van der Waals surface area contributed by atoms with Gasteiger partial charge in [-0.05, 0) is 135 Å². The minimum absolute atomic E-state index is 0.109. The van der Waals surface area contributed by atoms with E-state index in [1.165, 1.54) is 64.7 Å². The van der Waals surface area contributed by atoms with E-state index >= 15 is 0 Å². The number of furan rings is 1. The van der Waals surface area contributed by atoms with E-state index in [2.05, 4.69) is 157 Å². The number of pyridine rings is 2. The lowest BCUT2D eigenvalue weighted by atomic mass is 9.87. The van der Waals surface area contributed by atoms with Crippen molar-refractivity contribution in [2.45, 2.75) is 5.92 Å². The summed E-state index contributed by atoms with van der Waals surface area (Å²) in [5.41, 5.74) is 17.1. The van der Waals surface area contributed by atoms with Crippen LogP contribution in [0.15, 0.2) is 193 Å². The molecule has 1 aliphatic rings. The Kier molecular flexibility index (Phi) is 7.16. The van der Waals surface area contributed by atoms with Crippen molar-refractivity contribution in [2.24, 2.45) is 0 Å². The molecule has 0 saturated heterocycles. The van der Waals surface area contributed by atoms with Gasteiger partial charge in [0.15, 0.2) is 0 Å². The van der Waals surface area contributed by atoms with Crippen LogP contribution in [0.4, 0.5) is 0 Å². The van der Waals surface area contributed by atoms with E-state index in [4.69, 9.17) is 9.40 Å². The smallest absolute Gasteiger partial charge is 0.135 e. The summed E-state index contributed by atoms with van der Waals surface area (Å²) in [6.45, 7) is 0. The lowest BCUT2D eigenvalue weighted by Gasteiger charge is -2.16. The highest BCUT2D eigenvalue weighted by Gasteiger charge is 2.31. The van der Waals surface area contributed by atoms with Crippen LogP contribution >= 0.6 is 11.3 Å². The lowest BCUT2D eigenvalue weighted by molar-refractivity contribution is 0.669. The van der Waals surface area contributed by atoms with Crippen molar-refractivity contribution in [3.05, 3.63) is 205 Å². The van der Waals surface area contributed by atoms with Crippen LogP contribution < -0.4 is 0 Å². The summed E-state index contributed by atoms with van der Waals surface area (Å²) in [7, 11) is 0. The van der Waals surface area contributed by atoms with Gasteiger partial charge in [-0.3, -0.25) is 9.97 Å². The van der Waals surface area contributed by atoms with E-state index in [0.717, 1.165) is 50.0 Å². The Labute approximate surface area is 333 Å². The molecule has 266 valence electrons. The lowest BCUT2D eigenvalue weighted by Crippen LogP contribution is -1.99. The Bertz CT molecular complexity index is 3360. The fourth-order valence-corrected chi connectivity index (χ4v) is 10.1. The van der Waals surface area contributed by atoms with E-state index in [1.54, 1.807) is 0 Å². The van der Waals surface area contributed by atoms with Crippen LogP contribution in [0.5, 0.6) is 0 Å². The second-order valence-corrected chi connectivity index (χ2v) is 16.0. The molecule has 0 radical (unpaired) electrons.